The van der Waals surface area contributed by atoms with Crippen molar-refractivity contribution in [3.05, 3.63) is 56.8 Å². The summed E-state index contributed by atoms with van der Waals surface area (Å²) in [5, 5.41) is 8.94. The molecule has 0 aliphatic carbocycles. The summed E-state index contributed by atoms with van der Waals surface area (Å²) in [5.74, 6) is 0. The molecular weight excluding hydrogens is 334 g/mol. The van der Waals surface area contributed by atoms with Gasteiger partial charge in [-0.05, 0) is 64.9 Å². The number of H-pyrrole nitrogens is 1. The lowest BCUT2D eigenvalue weighted by Gasteiger charge is -2.07. The van der Waals surface area contributed by atoms with Gasteiger partial charge in [0, 0.05) is 4.47 Å². The van der Waals surface area contributed by atoms with Crippen LogP contribution in [0.2, 0.25) is 0 Å². The van der Waals surface area contributed by atoms with Gasteiger partial charge < -0.3 is 4.98 Å². The second-order valence-corrected chi connectivity index (χ2v) is 5.75. The van der Waals surface area contributed by atoms with Crippen molar-refractivity contribution in [1.29, 1.82) is 5.26 Å². The molecule has 0 amide bonds. The van der Waals surface area contributed by atoms with E-state index in [9.17, 15) is 0 Å². The molecule has 1 heterocycles. The molecule has 2 aromatic carbocycles. The Morgan fingerprint density at radius 3 is 2.80 bits per heavy atom. The quantitative estimate of drug-likeness (QED) is 0.654. The molecule has 0 fully saturated rings. The molecule has 3 aromatic rings. The highest BCUT2D eigenvalue weighted by molar-refractivity contribution is 9.10. The predicted molar refractivity (Wildman–Crippen MR) is 85.6 cm³/mol. The lowest BCUT2D eigenvalue weighted by molar-refractivity contribution is 1.06. The molecule has 0 spiro atoms. The number of aromatic nitrogens is 2. The van der Waals surface area contributed by atoms with Gasteiger partial charge in [-0.3, -0.25) is 4.57 Å². The van der Waals surface area contributed by atoms with Crippen LogP contribution >= 0.6 is 28.1 Å². The van der Waals surface area contributed by atoms with Gasteiger partial charge in [0.25, 0.3) is 0 Å². The summed E-state index contributed by atoms with van der Waals surface area (Å²) in [6.07, 6.45) is 0. The summed E-state index contributed by atoms with van der Waals surface area (Å²) >= 11 is 8.95. The molecule has 0 saturated carbocycles. The number of aromatic amines is 1. The van der Waals surface area contributed by atoms with Gasteiger partial charge in [0.05, 0.1) is 28.4 Å². The lowest BCUT2D eigenvalue weighted by atomic mass is 10.2. The fourth-order valence-corrected chi connectivity index (χ4v) is 3.13. The van der Waals surface area contributed by atoms with Crippen LogP contribution in [0, 0.1) is 23.0 Å². The van der Waals surface area contributed by atoms with E-state index >= 15 is 0 Å². The third kappa shape index (κ3) is 1.98. The van der Waals surface area contributed by atoms with Gasteiger partial charge in [0.1, 0.15) is 0 Å². The number of imidazole rings is 1. The molecule has 0 radical (unpaired) electrons. The topological polar surface area (TPSA) is 44.5 Å². The largest absolute Gasteiger partial charge is 0.330 e. The number of nitrogens with one attached hydrogen (secondary N) is 1. The Morgan fingerprint density at radius 1 is 1.30 bits per heavy atom. The SMILES string of the molecule is Cc1cccc2c1[nH]c(=S)n2-c1ccc(C#N)cc1Br. The van der Waals surface area contributed by atoms with E-state index in [2.05, 4.69) is 27.0 Å². The third-order valence-corrected chi connectivity index (χ3v) is 4.16. The first-order chi connectivity index (χ1) is 9.61. The van der Waals surface area contributed by atoms with Crippen LogP contribution in [-0.2, 0) is 0 Å². The summed E-state index contributed by atoms with van der Waals surface area (Å²) in [6.45, 7) is 2.05. The van der Waals surface area contributed by atoms with E-state index in [1.54, 1.807) is 12.1 Å². The minimum Gasteiger partial charge on any atom is -0.330 e. The number of hydrogen-bond acceptors (Lipinski definition) is 2. The van der Waals surface area contributed by atoms with Crippen molar-refractivity contribution in [2.75, 3.05) is 0 Å². The number of benzene rings is 2. The Bertz CT molecular complexity index is 915. The summed E-state index contributed by atoms with van der Waals surface area (Å²) in [6, 6.07) is 13.7. The molecule has 0 aliphatic heterocycles. The number of nitrogens with zero attached hydrogens (tertiary/aromatic N) is 2. The van der Waals surface area contributed by atoms with Crippen LogP contribution in [0.15, 0.2) is 40.9 Å². The number of nitriles is 1. The Hall–Kier alpha value is -1.90. The average molecular weight is 344 g/mol. The van der Waals surface area contributed by atoms with E-state index in [1.807, 2.05) is 35.8 Å². The fraction of sp³-hybridized carbons (Fsp3) is 0.0667. The number of aryl methyl sites for hydroxylation is 1. The summed E-state index contributed by atoms with van der Waals surface area (Å²) in [4.78, 5) is 3.24. The standard InChI is InChI=1S/C15H10BrN3S/c1-9-3-2-4-13-14(9)18-15(20)19(13)12-6-5-10(8-17)7-11(12)16/h2-7H,1H3,(H,18,20). The van der Waals surface area contributed by atoms with Gasteiger partial charge >= 0.3 is 0 Å². The molecule has 0 aliphatic rings. The molecule has 0 bridgehead atoms. The Labute approximate surface area is 129 Å². The van der Waals surface area contributed by atoms with Crippen LogP contribution < -0.4 is 0 Å². The van der Waals surface area contributed by atoms with Crippen molar-refractivity contribution in [3.63, 3.8) is 0 Å². The molecule has 5 heteroatoms. The molecule has 3 nitrogen and oxygen atoms in total. The highest BCUT2D eigenvalue weighted by Crippen LogP contribution is 2.27. The Balaban J connectivity index is 2.36. The molecule has 1 N–H and O–H groups in total. The van der Waals surface area contributed by atoms with Crippen LogP contribution in [0.25, 0.3) is 16.7 Å². The van der Waals surface area contributed by atoms with Crippen LogP contribution in [-0.4, -0.2) is 9.55 Å². The smallest absolute Gasteiger partial charge is 0.182 e. The molecule has 3 rings (SSSR count). The van der Waals surface area contributed by atoms with E-state index in [4.69, 9.17) is 17.5 Å². The number of para-hydroxylation sites is 1. The monoisotopic (exact) mass is 343 g/mol. The zero-order chi connectivity index (χ0) is 14.3. The van der Waals surface area contributed by atoms with Gasteiger partial charge in [-0.25, -0.2) is 0 Å². The van der Waals surface area contributed by atoms with Gasteiger partial charge in [-0.15, -0.1) is 0 Å². The number of hydrogen-bond donors (Lipinski definition) is 1. The van der Waals surface area contributed by atoms with E-state index in [0.29, 0.717) is 10.3 Å². The summed E-state index contributed by atoms with van der Waals surface area (Å²) < 4.78 is 3.46. The van der Waals surface area contributed by atoms with E-state index in [-0.39, 0.29) is 0 Å². The second-order valence-electron chi connectivity index (χ2n) is 4.51. The lowest BCUT2D eigenvalue weighted by Crippen LogP contribution is -1.95. The molecule has 0 atom stereocenters. The van der Waals surface area contributed by atoms with Crippen LogP contribution in [0.3, 0.4) is 0 Å². The van der Waals surface area contributed by atoms with Crippen molar-refractivity contribution in [2.24, 2.45) is 0 Å². The fourth-order valence-electron chi connectivity index (χ4n) is 2.27. The average Bonchev–Trinajstić information content (AvgIpc) is 2.77. The van der Waals surface area contributed by atoms with E-state index in [0.717, 1.165) is 26.8 Å². The molecule has 1 aromatic heterocycles. The van der Waals surface area contributed by atoms with Gasteiger partial charge in [-0.1, -0.05) is 12.1 Å². The highest BCUT2D eigenvalue weighted by Gasteiger charge is 2.11. The predicted octanol–water partition coefficient (Wildman–Crippen LogP) is 4.63. The number of fused-ring (bicyclic) bond motifs is 1. The van der Waals surface area contributed by atoms with Crippen LogP contribution in [0.4, 0.5) is 0 Å². The van der Waals surface area contributed by atoms with Crippen molar-refractivity contribution < 1.29 is 0 Å². The second kappa shape index (κ2) is 4.89. The minimum absolute atomic E-state index is 0.614. The zero-order valence-corrected chi connectivity index (χ0v) is 13.0. The molecular formula is C15H10BrN3S. The normalized spacial score (nSPS) is 10.7. The van der Waals surface area contributed by atoms with Gasteiger partial charge in [0.15, 0.2) is 4.77 Å². The first-order valence-electron chi connectivity index (χ1n) is 6.02. The highest BCUT2D eigenvalue weighted by atomic mass is 79.9. The van der Waals surface area contributed by atoms with Crippen LogP contribution in [0.1, 0.15) is 11.1 Å². The van der Waals surface area contributed by atoms with Crippen LogP contribution in [0.5, 0.6) is 0 Å². The van der Waals surface area contributed by atoms with Gasteiger partial charge in [-0.2, -0.15) is 5.26 Å². The third-order valence-electron chi connectivity index (χ3n) is 3.24. The summed E-state index contributed by atoms with van der Waals surface area (Å²) in [7, 11) is 0. The van der Waals surface area contributed by atoms with Crippen molar-refractivity contribution >= 4 is 39.2 Å². The number of rotatable bonds is 1. The molecule has 20 heavy (non-hydrogen) atoms. The van der Waals surface area contributed by atoms with E-state index in [1.165, 1.54) is 0 Å². The van der Waals surface area contributed by atoms with Gasteiger partial charge in [0.2, 0.25) is 0 Å². The molecule has 98 valence electrons. The van der Waals surface area contributed by atoms with E-state index < -0.39 is 0 Å². The molecule has 0 unspecified atom stereocenters. The Kier molecular flexibility index (Phi) is 3.20. The van der Waals surface area contributed by atoms with Crippen molar-refractivity contribution in [2.45, 2.75) is 6.92 Å². The first-order valence-corrected chi connectivity index (χ1v) is 7.22. The van der Waals surface area contributed by atoms with Crippen molar-refractivity contribution in [3.8, 4) is 11.8 Å². The molecule has 0 saturated heterocycles. The Morgan fingerprint density at radius 2 is 2.10 bits per heavy atom. The van der Waals surface area contributed by atoms with Crippen molar-refractivity contribution in [1.82, 2.24) is 9.55 Å². The maximum atomic E-state index is 8.94. The maximum absolute atomic E-state index is 8.94. The first kappa shape index (κ1) is 13.1. The zero-order valence-electron chi connectivity index (χ0n) is 10.6. The maximum Gasteiger partial charge on any atom is 0.182 e. The minimum atomic E-state index is 0.614. The number of halogens is 1. The summed E-state index contributed by atoms with van der Waals surface area (Å²) in [5.41, 5.74) is 4.75.